The van der Waals surface area contributed by atoms with Gasteiger partial charge in [-0.05, 0) is 17.9 Å². The van der Waals surface area contributed by atoms with Crippen LogP contribution in [0.15, 0.2) is 42.9 Å². The Morgan fingerprint density at radius 2 is 2.00 bits per heavy atom. The number of carbonyl (C=O) groups excluding carboxylic acids is 1. The van der Waals surface area contributed by atoms with Gasteiger partial charge in [-0.15, -0.1) is 0 Å². The summed E-state index contributed by atoms with van der Waals surface area (Å²) >= 11 is 0. The SMILES string of the molecule is CC[C@H]1CN(c2ncncc2C(C)C)CCC(=O)N1Cc1ccccc1. The Bertz CT molecular complexity index is 732. The molecule has 3 rings (SSSR count). The monoisotopic (exact) mass is 352 g/mol. The average molecular weight is 352 g/mol. The van der Waals surface area contributed by atoms with E-state index in [0.717, 1.165) is 24.3 Å². The number of carbonyl (C=O) groups is 1. The molecule has 0 bridgehead atoms. The Labute approximate surface area is 156 Å². The van der Waals surface area contributed by atoms with Crippen molar-refractivity contribution in [3.8, 4) is 0 Å². The standard InChI is InChI=1S/C21H28N4O/c1-4-18-14-24(21-19(16(2)3)12-22-15-23-21)11-10-20(26)25(18)13-17-8-6-5-7-9-17/h5-9,12,15-16,18H,4,10-11,13-14H2,1-3H3/t18-/m0/s1. The summed E-state index contributed by atoms with van der Waals surface area (Å²) in [6, 6.07) is 10.4. The number of aromatic nitrogens is 2. The van der Waals surface area contributed by atoms with E-state index in [0.29, 0.717) is 25.4 Å². The molecule has 1 atom stereocenters. The molecule has 1 aliphatic heterocycles. The van der Waals surface area contributed by atoms with Crippen molar-refractivity contribution >= 4 is 11.7 Å². The minimum Gasteiger partial charge on any atom is -0.354 e. The number of amides is 1. The second-order valence-corrected chi connectivity index (χ2v) is 7.22. The molecule has 0 N–H and O–H groups in total. The Morgan fingerprint density at radius 3 is 2.69 bits per heavy atom. The van der Waals surface area contributed by atoms with Gasteiger partial charge in [0.1, 0.15) is 12.1 Å². The van der Waals surface area contributed by atoms with Gasteiger partial charge in [0.25, 0.3) is 0 Å². The molecule has 0 unspecified atom stereocenters. The van der Waals surface area contributed by atoms with E-state index in [9.17, 15) is 4.79 Å². The van der Waals surface area contributed by atoms with Crippen molar-refractivity contribution in [3.63, 3.8) is 0 Å². The summed E-state index contributed by atoms with van der Waals surface area (Å²) in [4.78, 5) is 25.9. The van der Waals surface area contributed by atoms with Crippen LogP contribution in [0.2, 0.25) is 0 Å². The second kappa shape index (κ2) is 8.30. The van der Waals surface area contributed by atoms with Gasteiger partial charge in [0.05, 0.1) is 0 Å². The topological polar surface area (TPSA) is 49.3 Å². The van der Waals surface area contributed by atoms with Crippen LogP contribution in [0.4, 0.5) is 5.82 Å². The first-order chi connectivity index (χ1) is 12.6. The lowest BCUT2D eigenvalue weighted by Gasteiger charge is -2.32. The summed E-state index contributed by atoms with van der Waals surface area (Å²) in [7, 11) is 0. The average Bonchev–Trinajstić information content (AvgIpc) is 2.82. The van der Waals surface area contributed by atoms with E-state index in [-0.39, 0.29) is 11.9 Å². The number of rotatable bonds is 5. The molecular weight excluding hydrogens is 324 g/mol. The molecule has 1 aromatic heterocycles. The van der Waals surface area contributed by atoms with E-state index in [2.05, 4.69) is 47.8 Å². The molecular formula is C21H28N4O. The smallest absolute Gasteiger partial charge is 0.224 e. The van der Waals surface area contributed by atoms with Gasteiger partial charge >= 0.3 is 0 Å². The highest BCUT2D eigenvalue weighted by atomic mass is 16.2. The summed E-state index contributed by atoms with van der Waals surface area (Å²) in [6.07, 6.45) is 4.96. The Morgan fingerprint density at radius 1 is 1.23 bits per heavy atom. The number of hydrogen-bond acceptors (Lipinski definition) is 4. The summed E-state index contributed by atoms with van der Waals surface area (Å²) in [5.41, 5.74) is 2.32. The van der Waals surface area contributed by atoms with Gasteiger partial charge in [-0.1, -0.05) is 51.1 Å². The lowest BCUT2D eigenvalue weighted by Crippen LogP contribution is -2.42. The third kappa shape index (κ3) is 4.03. The maximum absolute atomic E-state index is 12.9. The zero-order valence-electron chi connectivity index (χ0n) is 15.9. The van der Waals surface area contributed by atoms with Crippen molar-refractivity contribution in [2.24, 2.45) is 0 Å². The number of nitrogens with zero attached hydrogens (tertiary/aromatic N) is 4. The maximum Gasteiger partial charge on any atom is 0.224 e. The minimum absolute atomic E-state index is 0.181. The molecule has 5 nitrogen and oxygen atoms in total. The minimum atomic E-state index is 0.181. The first kappa shape index (κ1) is 18.4. The highest BCUT2D eigenvalue weighted by Crippen LogP contribution is 2.27. The third-order valence-corrected chi connectivity index (χ3v) is 5.09. The fourth-order valence-electron chi connectivity index (χ4n) is 3.57. The van der Waals surface area contributed by atoms with Crippen molar-refractivity contribution in [2.45, 2.75) is 52.1 Å². The van der Waals surface area contributed by atoms with Gasteiger partial charge < -0.3 is 9.80 Å². The molecule has 1 fully saturated rings. The van der Waals surface area contributed by atoms with Crippen LogP contribution in [-0.2, 0) is 11.3 Å². The van der Waals surface area contributed by atoms with Crippen LogP contribution < -0.4 is 4.90 Å². The van der Waals surface area contributed by atoms with Crippen LogP contribution in [0, 0.1) is 0 Å². The molecule has 0 spiro atoms. The van der Waals surface area contributed by atoms with E-state index < -0.39 is 0 Å². The van der Waals surface area contributed by atoms with Crippen LogP contribution in [0.1, 0.15) is 50.7 Å². The molecule has 26 heavy (non-hydrogen) atoms. The van der Waals surface area contributed by atoms with Crippen LogP contribution in [0.3, 0.4) is 0 Å². The van der Waals surface area contributed by atoms with Crippen LogP contribution >= 0.6 is 0 Å². The number of benzene rings is 1. The number of hydrogen-bond donors (Lipinski definition) is 0. The molecule has 2 heterocycles. The molecule has 138 valence electrons. The third-order valence-electron chi connectivity index (χ3n) is 5.09. The van der Waals surface area contributed by atoms with Crippen molar-refractivity contribution in [1.29, 1.82) is 0 Å². The maximum atomic E-state index is 12.9. The first-order valence-corrected chi connectivity index (χ1v) is 9.48. The molecule has 5 heteroatoms. The molecule has 0 aliphatic carbocycles. The first-order valence-electron chi connectivity index (χ1n) is 9.48. The van der Waals surface area contributed by atoms with Gasteiger partial charge in [-0.25, -0.2) is 9.97 Å². The zero-order valence-corrected chi connectivity index (χ0v) is 15.9. The number of anilines is 1. The fourth-order valence-corrected chi connectivity index (χ4v) is 3.57. The van der Waals surface area contributed by atoms with Crippen LogP contribution in [0.25, 0.3) is 0 Å². The molecule has 2 aromatic rings. The lowest BCUT2D eigenvalue weighted by atomic mass is 10.1. The van der Waals surface area contributed by atoms with E-state index in [1.54, 1.807) is 6.33 Å². The Hall–Kier alpha value is -2.43. The summed E-state index contributed by atoms with van der Waals surface area (Å²) < 4.78 is 0. The molecule has 1 amide bonds. The van der Waals surface area contributed by atoms with Gasteiger partial charge in [0.2, 0.25) is 5.91 Å². The van der Waals surface area contributed by atoms with E-state index >= 15 is 0 Å². The summed E-state index contributed by atoms with van der Waals surface area (Å²) in [6.45, 7) is 8.66. The summed E-state index contributed by atoms with van der Waals surface area (Å²) in [5.74, 6) is 1.55. The normalized spacial score (nSPS) is 18.3. The van der Waals surface area contributed by atoms with E-state index in [1.165, 1.54) is 5.56 Å². The quantitative estimate of drug-likeness (QED) is 0.825. The van der Waals surface area contributed by atoms with E-state index in [4.69, 9.17) is 0 Å². The van der Waals surface area contributed by atoms with Gasteiger partial charge in [0, 0.05) is 43.9 Å². The van der Waals surface area contributed by atoms with Gasteiger partial charge in [-0.2, -0.15) is 0 Å². The highest BCUT2D eigenvalue weighted by Gasteiger charge is 2.30. The summed E-state index contributed by atoms with van der Waals surface area (Å²) in [5, 5.41) is 0. The van der Waals surface area contributed by atoms with Crippen LogP contribution in [0.5, 0.6) is 0 Å². The molecule has 1 aromatic carbocycles. The second-order valence-electron chi connectivity index (χ2n) is 7.22. The van der Waals surface area contributed by atoms with Crippen molar-refractivity contribution in [1.82, 2.24) is 14.9 Å². The molecule has 1 aliphatic rings. The molecule has 1 saturated heterocycles. The van der Waals surface area contributed by atoms with Crippen molar-refractivity contribution in [3.05, 3.63) is 54.0 Å². The van der Waals surface area contributed by atoms with Gasteiger partial charge in [-0.3, -0.25) is 4.79 Å². The Balaban J connectivity index is 1.85. The lowest BCUT2D eigenvalue weighted by molar-refractivity contribution is -0.133. The largest absolute Gasteiger partial charge is 0.354 e. The highest BCUT2D eigenvalue weighted by molar-refractivity contribution is 5.78. The zero-order chi connectivity index (χ0) is 18.5. The van der Waals surface area contributed by atoms with Crippen molar-refractivity contribution < 1.29 is 4.79 Å². The predicted molar refractivity (Wildman–Crippen MR) is 104 cm³/mol. The van der Waals surface area contributed by atoms with Crippen LogP contribution in [-0.4, -0.2) is 39.9 Å². The molecule has 0 radical (unpaired) electrons. The van der Waals surface area contributed by atoms with E-state index in [1.807, 2.05) is 29.3 Å². The fraction of sp³-hybridized carbons (Fsp3) is 0.476. The van der Waals surface area contributed by atoms with Crippen molar-refractivity contribution in [2.75, 3.05) is 18.0 Å². The predicted octanol–water partition coefficient (Wildman–Crippen LogP) is 3.62. The van der Waals surface area contributed by atoms with Gasteiger partial charge in [0.15, 0.2) is 0 Å². The molecule has 0 saturated carbocycles. The Kier molecular flexibility index (Phi) is 5.86.